The molecule has 1 atom stereocenters. The van der Waals surface area contributed by atoms with Crippen molar-refractivity contribution in [2.45, 2.75) is 19.4 Å². The number of aliphatic hydroxyl groups is 1. The van der Waals surface area contributed by atoms with E-state index in [1.165, 1.54) is 12.0 Å². The summed E-state index contributed by atoms with van der Waals surface area (Å²) in [6.07, 6.45) is 0.835. The van der Waals surface area contributed by atoms with Crippen molar-refractivity contribution in [3.63, 3.8) is 0 Å². The molecule has 0 aliphatic carbocycles. The molecule has 1 saturated heterocycles. The number of methoxy groups -OCH3 is 1. The average molecular weight is 478 g/mol. The van der Waals surface area contributed by atoms with E-state index in [1.54, 1.807) is 66.7 Å². The van der Waals surface area contributed by atoms with Crippen molar-refractivity contribution in [1.82, 2.24) is 0 Å². The fourth-order valence-electron chi connectivity index (χ4n) is 3.96. The lowest BCUT2D eigenvalue weighted by molar-refractivity contribution is -0.132. The summed E-state index contributed by atoms with van der Waals surface area (Å²) in [5.41, 5.74) is 1.41. The van der Waals surface area contributed by atoms with E-state index in [0.717, 1.165) is 6.42 Å². The van der Waals surface area contributed by atoms with E-state index in [1.807, 2.05) is 13.0 Å². The molecule has 1 heterocycles. The summed E-state index contributed by atoms with van der Waals surface area (Å²) >= 11 is 6.11. The molecule has 0 saturated carbocycles. The number of Topliss-reactive ketones (excluding diaryl/α,β-unsaturated/α-hetero) is 1. The van der Waals surface area contributed by atoms with Gasteiger partial charge in [0.1, 0.15) is 17.3 Å². The maximum Gasteiger partial charge on any atom is 0.300 e. The Bertz CT molecular complexity index is 1270. The van der Waals surface area contributed by atoms with Gasteiger partial charge >= 0.3 is 0 Å². The highest BCUT2D eigenvalue weighted by Crippen LogP contribution is 2.43. The first-order chi connectivity index (χ1) is 16.4. The van der Waals surface area contributed by atoms with Crippen molar-refractivity contribution in [2.24, 2.45) is 0 Å². The molecule has 0 aromatic heterocycles. The van der Waals surface area contributed by atoms with Gasteiger partial charge in [-0.3, -0.25) is 14.5 Å². The van der Waals surface area contributed by atoms with Crippen molar-refractivity contribution in [2.75, 3.05) is 18.6 Å². The van der Waals surface area contributed by atoms with Crippen molar-refractivity contribution < 1.29 is 24.2 Å². The van der Waals surface area contributed by atoms with Crippen LogP contribution in [0.25, 0.3) is 5.76 Å². The summed E-state index contributed by atoms with van der Waals surface area (Å²) in [5.74, 6) is -0.686. The Morgan fingerprint density at radius 2 is 1.74 bits per heavy atom. The lowest BCUT2D eigenvalue weighted by Gasteiger charge is -2.26. The van der Waals surface area contributed by atoms with Gasteiger partial charge in [0.05, 0.1) is 25.3 Å². The fraction of sp³-hybridized carbons (Fsp3) is 0.185. The quantitative estimate of drug-likeness (QED) is 0.266. The maximum absolute atomic E-state index is 13.3. The molecule has 1 fully saturated rings. The van der Waals surface area contributed by atoms with Crippen LogP contribution >= 0.6 is 11.6 Å². The average Bonchev–Trinajstić information content (AvgIpc) is 3.12. The monoisotopic (exact) mass is 477 g/mol. The van der Waals surface area contributed by atoms with Crippen molar-refractivity contribution >= 4 is 34.7 Å². The Labute approximate surface area is 203 Å². The summed E-state index contributed by atoms with van der Waals surface area (Å²) < 4.78 is 11.1. The largest absolute Gasteiger partial charge is 0.507 e. The van der Waals surface area contributed by atoms with Crippen LogP contribution in [-0.4, -0.2) is 30.5 Å². The van der Waals surface area contributed by atoms with Gasteiger partial charge in [-0.25, -0.2) is 0 Å². The minimum absolute atomic E-state index is 0.0253. The van der Waals surface area contributed by atoms with Crippen LogP contribution in [0.4, 0.5) is 5.69 Å². The minimum Gasteiger partial charge on any atom is -0.507 e. The zero-order valence-corrected chi connectivity index (χ0v) is 19.6. The first-order valence-corrected chi connectivity index (χ1v) is 11.3. The molecule has 1 unspecified atom stereocenters. The van der Waals surface area contributed by atoms with Crippen LogP contribution in [-0.2, 0) is 9.59 Å². The number of hydrogen-bond donors (Lipinski definition) is 1. The predicted octanol–water partition coefficient (Wildman–Crippen LogP) is 5.76. The number of amides is 1. The van der Waals surface area contributed by atoms with Gasteiger partial charge in [0.25, 0.3) is 11.7 Å². The normalized spacial score (nSPS) is 17.1. The molecule has 1 N–H and O–H groups in total. The second-order valence-corrected chi connectivity index (χ2v) is 8.24. The lowest BCUT2D eigenvalue weighted by Crippen LogP contribution is -2.29. The highest BCUT2D eigenvalue weighted by Gasteiger charge is 2.47. The Hall–Kier alpha value is -3.77. The molecule has 0 spiro atoms. The van der Waals surface area contributed by atoms with Crippen LogP contribution in [0.5, 0.6) is 11.5 Å². The summed E-state index contributed by atoms with van der Waals surface area (Å²) in [4.78, 5) is 27.9. The third kappa shape index (κ3) is 4.50. The minimum atomic E-state index is -0.878. The van der Waals surface area contributed by atoms with Crippen molar-refractivity contribution in [3.05, 3.63) is 94.5 Å². The van der Waals surface area contributed by atoms with Gasteiger partial charge in [0.15, 0.2) is 0 Å². The van der Waals surface area contributed by atoms with Crippen LogP contribution in [0.15, 0.2) is 78.4 Å². The zero-order chi connectivity index (χ0) is 24.2. The maximum atomic E-state index is 13.3. The molecule has 0 bridgehead atoms. The van der Waals surface area contributed by atoms with Crippen LogP contribution in [0.1, 0.15) is 30.5 Å². The van der Waals surface area contributed by atoms with Gasteiger partial charge in [-0.05, 0) is 48.4 Å². The molecule has 174 valence electrons. The molecule has 0 radical (unpaired) electrons. The van der Waals surface area contributed by atoms with Crippen LogP contribution in [0.3, 0.4) is 0 Å². The number of anilines is 1. The number of aliphatic hydroxyl groups excluding tert-OH is 1. The number of halogens is 1. The van der Waals surface area contributed by atoms with Gasteiger partial charge < -0.3 is 14.6 Å². The lowest BCUT2D eigenvalue weighted by atomic mass is 9.95. The van der Waals surface area contributed by atoms with Gasteiger partial charge in [-0.1, -0.05) is 48.9 Å². The van der Waals surface area contributed by atoms with Gasteiger partial charge in [-0.2, -0.15) is 0 Å². The second kappa shape index (κ2) is 10.0. The van der Waals surface area contributed by atoms with Crippen LogP contribution < -0.4 is 14.4 Å². The number of benzene rings is 3. The molecule has 6 nitrogen and oxygen atoms in total. The Morgan fingerprint density at radius 3 is 2.47 bits per heavy atom. The number of rotatable bonds is 7. The molecular formula is C27H24ClNO5. The number of carbonyl (C=O) groups excluding carboxylic acids is 2. The molecule has 1 aliphatic heterocycles. The number of hydrogen-bond acceptors (Lipinski definition) is 5. The second-order valence-electron chi connectivity index (χ2n) is 7.80. The van der Waals surface area contributed by atoms with Gasteiger partial charge in [0, 0.05) is 22.3 Å². The summed E-state index contributed by atoms with van der Waals surface area (Å²) in [7, 11) is 1.53. The highest BCUT2D eigenvalue weighted by atomic mass is 35.5. The Balaban J connectivity index is 1.92. The smallest absolute Gasteiger partial charge is 0.300 e. The first-order valence-electron chi connectivity index (χ1n) is 10.9. The first kappa shape index (κ1) is 23.4. The fourth-order valence-corrected chi connectivity index (χ4v) is 4.15. The van der Waals surface area contributed by atoms with Crippen molar-refractivity contribution in [1.29, 1.82) is 0 Å². The Morgan fingerprint density at radius 1 is 1.00 bits per heavy atom. The molecule has 1 amide bonds. The number of carbonyl (C=O) groups is 2. The number of ketones is 1. The van der Waals surface area contributed by atoms with E-state index < -0.39 is 17.7 Å². The molecule has 34 heavy (non-hydrogen) atoms. The van der Waals surface area contributed by atoms with Gasteiger partial charge in [0.2, 0.25) is 0 Å². The van der Waals surface area contributed by atoms with E-state index in [2.05, 4.69) is 0 Å². The van der Waals surface area contributed by atoms with E-state index in [0.29, 0.717) is 39.9 Å². The summed E-state index contributed by atoms with van der Waals surface area (Å²) in [6, 6.07) is 19.7. The van der Waals surface area contributed by atoms with E-state index in [4.69, 9.17) is 21.1 Å². The third-order valence-electron chi connectivity index (χ3n) is 5.52. The predicted molar refractivity (Wildman–Crippen MR) is 131 cm³/mol. The third-order valence-corrected chi connectivity index (χ3v) is 5.76. The van der Waals surface area contributed by atoms with E-state index >= 15 is 0 Å². The standard InChI is InChI=1S/C27H24ClNO5/c1-3-13-34-22-12-5-7-17(15-22)24-23(25(30)18-8-4-9-19(28)14-18)26(31)27(32)29(24)20-10-6-11-21(16-20)33-2/h4-12,14-16,24,30H,3,13H2,1-2H3/b25-23+. The van der Waals surface area contributed by atoms with Crippen molar-refractivity contribution in [3.8, 4) is 11.5 Å². The molecule has 7 heteroatoms. The molecular weight excluding hydrogens is 454 g/mol. The zero-order valence-electron chi connectivity index (χ0n) is 18.8. The van der Waals surface area contributed by atoms with Crippen LogP contribution in [0.2, 0.25) is 5.02 Å². The summed E-state index contributed by atoms with van der Waals surface area (Å²) in [6.45, 7) is 2.54. The highest BCUT2D eigenvalue weighted by molar-refractivity contribution is 6.51. The van der Waals surface area contributed by atoms with Crippen LogP contribution in [0, 0.1) is 0 Å². The topological polar surface area (TPSA) is 76.1 Å². The summed E-state index contributed by atoms with van der Waals surface area (Å²) in [5, 5.41) is 11.6. The SMILES string of the molecule is CCCOc1cccc(C2/C(=C(\O)c3cccc(Cl)c3)C(=O)C(=O)N2c2cccc(OC)c2)c1. The van der Waals surface area contributed by atoms with E-state index in [-0.39, 0.29) is 11.3 Å². The number of nitrogens with zero attached hydrogens (tertiary/aromatic N) is 1. The molecule has 3 aromatic carbocycles. The molecule has 1 aliphatic rings. The van der Waals surface area contributed by atoms with E-state index in [9.17, 15) is 14.7 Å². The number of ether oxygens (including phenoxy) is 2. The molecule has 4 rings (SSSR count). The molecule has 3 aromatic rings. The Kier molecular flexibility index (Phi) is 6.89. The van der Waals surface area contributed by atoms with Gasteiger partial charge in [-0.15, -0.1) is 0 Å².